The SMILES string of the molecule is Cc1nc([C@@H]2CCO[C@@H]2CN(C)C(=O)c2cc[nH]c2C(C)C)n[nH]1. The molecule has 3 rings (SSSR count). The smallest absolute Gasteiger partial charge is 0.255 e. The highest BCUT2D eigenvalue weighted by molar-refractivity contribution is 5.95. The number of aromatic nitrogens is 4. The van der Waals surface area contributed by atoms with Crippen LogP contribution in [0.25, 0.3) is 0 Å². The Morgan fingerprint density at radius 3 is 2.96 bits per heavy atom. The van der Waals surface area contributed by atoms with E-state index in [4.69, 9.17) is 4.74 Å². The number of nitrogens with one attached hydrogen (secondary N) is 2. The predicted molar refractivity (Wildman–Crippen MR) is 90.1 cm³/mol. The maximum Gasteiger partial charge on any atom is 0.255 e. The first-order chi connectivity index (χ1) is 11.5. The summed E-state index contributed by atoms with van der Waals surface area (Å²) in [6, 6.07) is 1.85. The van der Waals surface area contributed by atoms with Gasteiger partial charge in [0.15, 0.2) is 5.82 Å². The fourth-order valence-electron chi connectivity index (χ4n) is 3.25. The van der Waals surface area contributed by atoms with Crippen molar-refractivity contribution in [2.45, 2.75) is 45.1 Å². The fourth-order valence-corrected chi connectivity index (χ4v) is 3.25. The van der Waals surface area contributed by atoms with Gasteiger partial charge in [-0.05, 0) is 25.3 Å². The van der Waals surface area contributed by atoms with Crippen molar-refractivity contribution in [1.29, 1.82) is 0 Å². The van der Waals surface area contributed by atoms with Gasteiger partial charge in [-0.1, -0.05) is 13.8 Å². The minimum atomic E-state index is -0.0735. The molecule has 3 heterocycles. The van der Waals surface area contributed by atoms with Gasteiger partial charge in [-0.15, -0.1) is 0 Å². The average Bonchev–Trinajstić information content (AvgIpc) is 3.25. The average molecular weight is 331 g/mol. The number of hydrogen-bond acceptors (Lipinski definition) is 4. The van der Waals surface area contributed by atoms with Crippen molar-refractivity contribution in [2.24, 2.45) is 0 Å². The van der Waals surface area contributed by atoms with Crippen LogP contribution in [0.15, 0.2) is 12.3 Å². The number of carbonyl (C=O) groups is 1. The molecule has 0 bridgehead atoms. The van der Waals surface area contributed by atoms with Crippen molar-refractivity contribution in [1.82, 2.24) is 25.1 Å². The molecule has 0 spiro atoms. The van der Waals surface area contributed by atoms with Gasteiger partial charge in [0.1, 0.15) is 5.82 Å². The number of nitrogens with zero attached hydrogens (tertiary/aromatic N) is 3. The third kappa shape index (κ3) is 3.21. The van der Waals surface area contributed by atoms with Crippen molar-refractivity contribution in [3.05, 3.63) is 35.2 Å². The number of amides is 1. The molecular formula is C17H25N5O2. The van der Waals surface area contributed by atoms with E-state index < -0.39 is 0 Å². The standard InChI is InChI=1S/C17H25N5O2/c1-10(2)15-13(5-7-18-15)17(23)22(4)9-14-12(6-8-24-14)16-19-11(3)20-21-16/h5,7,10,12,14,18H,6,8-9H2,1-4H3,(H,19,20,21)/t12-,14-/m1/s1. The molecule has 0 aromatic carbocycles. The normalized spacial score (nSPS) is 20.7. The minimum Gasteiger partial charge on any atom is -0.376 e. The zero-order chi connectivity index (χ0) is 17.3. The summed E-state index contributed by atoms with van der Waals surface area (Å²) in [5.74, 6) is 2.00. The fraction of sp³-hybridized carbons (Fsp3) is 0.588. The van der Waals surface area contributed by atoms with Gasteiger partial charge in [0.2, 0.25) is 0 Å². The molecule has 1 amide bonds. The van der Waals surface area contributed by atoms with Crippen molar-refractivity contribution in [3.63, 3.8) is 0 Å². The highest BCUT2D eigenvalue weighted by Gasteiger charge is 2.34. The molecule has 7 heteroatoms. The molecule has 130 valence electrons. The van der Waals surface area contributed by atoms with Crippen molar-refractivity contribution in [3.8, 4) is 0 Å². The van der Waals surface area contributed by atoms with Gasteiger partial charge in [0.05, 0.1) is 17.6 Å². The van der Waals surface area contributed by atoms with E-state index in [0.29, 0.717) is 13.2 Å². The van der Waals surface area contributed by atoms with Crippen molar-refractivity contribution in [2.75, 3.05) is 20.2 Å². The van der Waals surface area contributed by atoms with Gasteiger partial charge in [-0.25, -0.2) is 4.98 Å². The summed E-state index contributed by atoms with van der Waals surface area (Å²) >= 11 is 0. The minimum absolute atomic E-state index is 0.0142. The lowest BCUT2D eigenvalue weighted by Gasteiger charge is -2.24. The van der Waals surface area contributed by atoms with E-state index in [9.17, 15) is 4.79 Å². The highest BCUT2D eigenvalue weighted by atomic mass is 16.5. The Morgan fingerprint density at radius 1 is 1.50 bits per heavy atom. The first kappa shape index (κ1) is 16.7. The van der Waals surface area contributed by atoms with Crippen LogP contribution in [-0.4, -0.2) is 57.3 Å². The summed E-state index contributed by atoms with van der Waals surface area (Å²) in [6.45, 7) is 7.23. The zero-order valence-electron chi connectivity index (χ0n) is 14.7. The summed E-state index contributed by atoms with van der Waals surface area (Å²) in [5.41, 5.74) is 1.70. The van der Waals surface area contributed by atoms with Crippen LogP contribution >= 0.6 is 0 Å². The number of aromatic amines is 2. The molecule has 7 nitrogen and oxygen atoms in total. The van der Waals surface area contributed by atoms with Crippen LogP contribution < -0.4 is 0 Å². The molecule has 0 aliphatic carbocycles. The van der Waals surface area contributed by atoms with E-state index in [1.165, 1.54) is 0 Å². The topological polar surface area (TPSA) is 86.9 Å². The van der Waals surface area contributed by atoms with Crippen molar-refractivity contribution >= 4 is 5.91 Å². The Hall–Kier alpha value is -2.15. The van der Waals surface area contributed by atoms with Gasteiger partial charge in [0, 0.05) is 32.1 Å². The second-order valence-electron chi connectivity index (χ2n) is 6.73. The van der Waals surface area contributed by atoms with Crippen LogP contribution in [0.5, 0.6) is 0 Å². The predicted octanol–water partition coefficient (Wildman–Crippen LogP) is 2.21. The van der Waals surface area contributed by atoms with E-state index in [0.717, 1.165) is 29.3 Å². The molecule has 0 saturated carbocycles. The number of H-pyrrole nitrogens is 2. The zero-order valence-corrected chi connectivity index (χ0v) is 14.7. The molecule has 2 aromatic rings. The molecule has 0 radical (unpaired) electrons. The van der Waals surface area contributed by atoms with Crippen LogP contribution in [0, 0.1) is 6.92 Å². The maximum atomic E-state index is 12.8. The van der Waals surface area contributed by atoms with E-state index in [1.54, 1.807) is 4.90 Å². The summed E-state index contributed by atoms with van der Waals surface area (Å²) < 4.78 is 5.85. The van der Waals surface area contributed by atoms with E-state index in [1.807, 2.05) is 26.2 Å². The number of aryl methyl sites for hydroxylation is 1. The molecule has 2 aromatic heterocycles. The van der Waals surface area contributed by atoms with E-state index in [-0.39, 0.29) is 23.8 Å². The lowest BCUT2D eigenvalue weighted by Crippen LogP contribution is -2.36. The second kappa shape index (κ2) is 6.76. The first-order valence-corrected chi connectivity index (χ1v) is 8.40. The Bertz CT molecular complexity index is 705. The summed E-state index contributed by atoms with van der Waals surface area (Å²) in [5, 5.41) is 7.15. The van der Waals surface area contributed by atoms with Crippen molar-refractivity contribution < 1.29 is 9.53 Å². The largest absolute Gasteiger partial charge is 0.376 e. The quantitative estimate of drug-likeness (QED) is 0.879. The molecule has 1 saturated heterocycles. The third-order valence-electron chi connectivity index (χ3n) is 4.54. The van der Waals surface area contributed by atoms with Crippen LogP contribution in [-0.2, 0) is 4.74 Å². The number of likely N-dealkylation sites (N-methyl/N-ethyl adjacent to an activating group) is 1. The molecule has 2 atom stereocenters. The Balaban J connectivity index is 1.70. The number of hydrogen-bond donors (Lipinski definition) is 2. The van der Waals surface area contributed by atoms with E-state index >= 15 is 0 Å². The summed E-state index contributed by atoms with van der Waals surface area (Å²) in [4.78, 5) is 22.1. The number of rotatable bonds is 5. The van der Waals surface area contributed by atoms with Gasteiger partial charge < -0.3 is 14.6 Å². The molecular weight excluding hydrogens is 306 g/mol. The molecule has 1 fully saturated rings. The summed E-state index contributed by atoms with van der Waals surface area (Å²) in [6.07, 6.45) is 2.63. The number of ether oxygens (including phenoxy) is 1. The molecule has 1 aliphatic rings. The Labute approximate surface area is 141 Å². The van der Waals surface area contributed by atoms with Crippen LogP contribution in [0.2, 0.25) is 0 Å². The summed E-state index contributed by atoms with van der Waals surface area (Å²) in [7, 11) is 1.82. The van der Waals surface area contributed by atoms with Crippen LogP contribution in [0.1, 0.15) is 59.8 Å². The third-order valence-corrected chi connectivity index (χ3v) is 4.54. The highest BCUT2D eigenvalue weighted by Crippen LogP contribution is 2.30. The van der Waals surface area contributed by atoms with Gasteiger partial charge in [-0.3, -0.25) is 9.89 Å². The molecule has 2 N–H and O–H groups in total. The molecule has 0 unspecified atom stereocenters. The maximum absolute atomic E-state index is 12.8. The first-order valence-electron chi connectivity index (χ1n) is 8.40. The van der Waals surface area contributed by atoms with E-state index in [2.05, 4.69) is 34.0 Å². The molecule has 24 heavy (non-hydrogen) atoms. The van der Waals surface area contributed by atoms with Gasteiger partial charge in [0.25, 0.3) is 5.91 Å². The Kier molecular flexibility index (Phi) is 4.71. The Morgan fingerprint density at radius 2 is 2.29 bits per heavy atom. The molecule has 1 aliphatic heterocycles. The lowest BCUT2D eigenvalue weighted by atomic mass is 10.00. The number of carbonyl (C=O) groups excluding carboxylic acids is 1. The lowest BCUT2D eigenvalue weighted by molar-refractivity contribution is 0.0549. The second-order valence-corrected chi connectivity index (χ2v) is 6.73. The van der Waals surface area contributed by atoms with Crippen LogP contribution in [0.4, 0.5) is 0 Å². The van der Waals surface area contributed by atoms with Gasteiger partial charge >= 0.3 is 0 Å². The van der Waals surface area contributed by atoms with Crippen LogP contribution in [0.3, 0.4) is 0 Å². The van der Waals surface area contributed by atoms with Gasteiger partial charge in [-0.2, -0.15) is 5.10 Å². The monoisotopic (exact) mass is 331 g/mol.